The summed E-state index contributed by atoms with van der Waals surface area (Å²) in [7, 11) is 0. The van der Waals surface area contributed by atoms with Crippen LogP contribution in [0.2, 0.25) is 0 Å². The highest BCUT2D eigenvalue weighted by Gasteiger charge is 2.12. The number of fused-ring (bicyclic) bond motifs is 1. The second-order valence-electron chi connectivity index (χ2n) is 4.52. The van der Waals surface area contributed by atoms with Crippen LogP contribution in [0.4, 0.5) is 0 Å². The number of nitrogens with zero attached hydrogens (tertiary/aromatic N) is 1. The first-order chi connectivity index (χ1) is 9.70. The summed E-state index contributed by atoms with van der Waals surface area (Å²) in [5.74, 6) is 0.147. The Morgan fingerprint density at radius 1 is 1.30 bits per heavy atom. The van der Waals surface area contributed by atoms with Crippen LogP contribution in [0.5, 0.6) is 5.75 Å². The number of pyridine rings is 1. The van der Waals surface area contributed by atoms with E-state index in [0.29, 0.717) is 28.6 Å². The van der Waals surface area contributed by atoms with E-state index in [9.17, 15) is 9.90 Å². The first kappa shape index (κ1) is 12.4. The Balaban J connectivity index is 2.31. The minimum Gasteiger partial charge on any atom is -0.508 e. The first-order valence-electron chi connectivity index (χ1n) is 6.39. The van der Waals surface area contributed by atoms with Gasteiger partial charge in [-0.3, -0.25) is 9.78 Å². The van der Waals surface area contributed by atoms with Gasteiger partial charge in [0.25, 0.3) is 0 Å². The first-order valence-corrected chi connectivity index (χ1v) is 6.39. The zero-order chi connectivity index (χ0) is 14.1. The van der Waals surface area contributed by atoms with Crippen LogP contribution >= 0.6 is 0 Å². The third-order valence-electron chi connectivity index (χ3n) is 3.30. The van der Waals surface area contributed by atoms with E-state index in [1.807, 2.05) is 13.0 Å². The van der Waals surface area contributed by atoms with Crippen LogP contribution in [0.25, 0.3) is 22.2 Å². The largest absolute Gasteiger partial charge is 0.508 e. The Labute approximate surface area is 115 Å². The predicted octanol–water partition coefficient (Wildman–Crippen LogP) is 3.12. The third-order valence-corrected chi connectivity index (χ3v) is 3.30. The van der Waals surface area contributed by atoms with Crippen molar-refractivity contribution < 1.29 is 9.52 Å². The second kappa shape index (κ2) is 4.81. The van der Waals surface area contributed by atoms with Gasteiger partial charge in [-0.1, -0.05) is 13.0 Å². The molecule has 0 unspecified atom stereocenters. The molecule has 0 saturated carbocycles. The van der Waals surface area contributed by atoms with Crippen molar-refractivity contribution in [3.05, 3.63) is 58.6 Å². The van der Waals surface area contributed by atoms with E-state index in [4.69, 9.17) is 4.42 Å². The van der Waals surface area contributed by atoms with Gasteiger partial charge in [0.05, 0.1) is 16.6 Å². The Hall–Kier alpha value is -2.62. The van der Waals surface area contributed by atoms with Crippen molar-refractivity contribution in [2.45, 2.75) is 13.3 Å². The average molecular weight is 267 g/mol. The van der Waals surface area contributed by atoms with Crippen LogP contribution in [-0.4, -0.2) is 10.1 Å². The highest BCUT2D eigenvalue weighted by atomic mass is 16.3. The van der Waals surface area contributed by atoms with Gasteiger partial charge < -0.3 is 9.52 Å². The molecule has 100 valence electrons. The third kappa shape index (κ3) is 1.95. The van der Waals surface area contributed by atoms with E-state index in [2.05, 4.69) is 4.98 Å². The maximum absolute atomic E-state index is 12.5. The molecule has 0 atom stereocenters. The number of hydrogen-bond acceptors (Lipinski definition) is 4. The molecular weight excluding hydrogens is 254 g/mol. The van der Waals surface area contributed by atoms with Crippen molar-refractivity contribution in [1.29, 1.82) is 0 Å². The fourth-order valence-electron chi connectivity index (χ4n) is 2.19. The van der Waals surface area contributed by atoms with Crippen molar-refractivity contribution in [2.75, 3.05) is 0 Å². The minimum atomic E-state index is -0.139. The monoisotopic (exact) mass is 267 g/mol. The summed E-state index contributed by atoms with van der Waals surface area (Å²) in [5, 5.41) is 10.3. The highest BCUT2D eigenvalue weighted by Crippen LogP contribution is 2.25. The molecule has 0 aliphatic rings. The number of aromatic hydroxyl groups is 1. The molecule has 3 aromatic rings. The standard InChI is InChI=1S/C16H13NO3/c1-2-10-7-11-15(8-14(10)18)20-9-12(16(11)19)13-5-3-4-6-17-13/h3-9,18H,2H2,1H3. The molecule has 0 spiro atoms. The van der Waals surface area contributed by atoms with Gasteiger partial charge in [-0.05, 0) is 30.2 Å². The number of hydrogen-bond donors (Lipinski definition) is 1. The van der Waals surface area contributed by atoms with E-state index in [1.165, 1.54) is 12.3 Å². The number of phenols is 1. The summed E-state index contributed by atoms with van der Waals surface area (Å²) in [6, 6.07) is 8.54. The van der Waals surface area contributed by atoms with Crippen molar-refractivity contribution in [3.8, 4) is 17.0 Å². The Kier molecular flexibility index (Phi) is 2.99. The van der Waals surface area contributed by atoms with Crippen LogP contribution in [0.15, 0.2) is 52.0 Å². The Morgan fingerprint density at radius 3 is 2.85 bits per heavy atom. The van der Waals surface area contributed by atoms with Gasteiger partial charge in [-0.25, -0.2) is 0 Å². The van der Waals surface area contributed by atoms with Gasteiger partial charge in [0.2, 0.25) is 5.43 Å². The molecule has 0 fully saturated rings. The average Bonchev–Trinajstić information content (AvgIpc) is 2.48. The lowest BCUT2D eigenvalue weighted by atomic mass is 10.1. The molecule has 2 heterocycles. The fourth-order valence-corrected chi connectivity index (χ4v) is 2.19. The van der Waals surface area contributed by atoms with E-state index < -0.39 is 0 Å². The molecule has 0 saturated heterocycles. The van der Waals surface area contributed by atoms with Gasteiger partial charge in [0, 0.05) is 12.3 Å². The van der Waals surface area contributed by atoms with E-state index in [0.717, 1.165) is 5.56 Å². The molecule has 3 rings (SSSR count). The molecule has 0 aliphatic heterocycles. The summed E-state index contributed by atoms with van der Waals surface area (Å²) < 4.78 is 5.46. The fraction of sp³-hybridized carbons (Fsp3) is 0.125. The van der Waals surface area contributed by atoms with Crippen LogP contribution in [-0.2, 0) is 6.42 Å². The lowest BCUT2D eigenvalue weighted by molar-refractivity contribution is 0.467. The zero-order valence-electron chi connectivity index (χ0n) is 11.0. The highest BCUT2D eigenvalue weighted by molar-refractivity contribution is 5.83. The Morgan fingerprint density at radius 2 is 2.15 bits per heavy atom. The van der Waals surface area contributed by atoms with Gasteiger partial charge in [-0.15, -0.1) is 0 Å². The van der Waals surface area contributed by atoms with Gasteiger partial charge in [-0.2, -0.15) is 0 Å². The molecular formula is C16H13NO3. The number of rotatable bonds is 2. The van der Waals surface area contributed by atoms with Crippen molar-refractivity contribution in [1.82, 2.24) is 4.98 Å². The maximum Gasteiger partial charge on any atom is 0.202 e. The van der Waals surface area contributed by atoms with Crippen LogP contribution in [0.1, 0.15) is 12.5 Å². The normalized spacial score (nSPS) is 10.8. The molecule has 1 aromatic carbocycles. The molecule has 0 aliphatic carbocycles. The van der Waals surface area contributed by atoms with Gasteiger partial charge >= 0.3 is 0 Å². The topological polar surface area (TPSA) is 63.3 Å². The summed E-state index contributed by atoms with van der Waals surface area (Å²) in [4.78, 5) is 16.7. The summed E-state index contributed by atoms with van der Waals surface area (Å²) in [6.07, 6.45) is 3.67. The van der Waals surface area contributed by atoms with Gasteiger partial charge in [0.1, 0.15) is 17.6 Å². The van der Waals surface area contributed by atoms with Crippen LogP contribution < -0.4 is 5.43 Å². The maximum atomic E-state index is 12.5. The lowest BCUT2D eigenvalue weighted by Crippen LogP contribution is -2.06. The smallest absolute Gasteiger partial charge is 0.202 e. The molecule has 0 bridgehead atoms. The lowest BCUT2D eigenvalue weighted by Gasteiger charge is -2.05. The molecule has 4 nitrogen and oxygen atoms in total. The number of benzene rings is 1. The van der Waals surface area contributed by atoms with Crippen LogP contribution in [0, 0.1) is 0 Å². The molecule has 2 aromatic heterocycles. The summed E-state index contributed by atoms with van der Waals surface area (Å²) >= 11 is 0. The molecule has 0 radical (unpaired) electrons. The van der Waals surface area contributed by atoms with Crippen molar-refractivity contribution in [3.63, 3.8) is 0 Å². The quantitative estimate of drug-likeness (QED) is 0.774. The van der Waals surface area contributed by atoms with Crippen molar-refractivity contribution in [2.24, 2.45) is 0 Å². The van der Waals surface area contributed by atoms with E-state index in [1.54, 1.807) is 24.4 Å². The van der Waals surface area contributed by atoms with E-state index >= 15 is 0 Å². The molecule has 4 heteroatoms. The van der Waals surface area contributed by atoms with E-state index in [-0.39, 0.29) is 11.2 Å². The van der Waals surface area contributed by atoms with Gasteiger partial charge in [0.15, 0.2) is 0 Å². The minimum absolute atomic E-state index is 0.139. The SMILES string of the molecule is CCc1cc2c(=O)c(-c3ccccn3)coc2cc1O. The molecule has 20 heavy (non-hydrogen) atoms. The summed E-state index contributed by atoms with van der Waals surface area (Å²) in [6.45, 7) is 1.92. The molecule has 0 amide bonds. The summed E-state index contributed by atoms with van der Waals surface area (Å²) in [5.41, 5.74) is 1.96. The molecule has 1 N–H and O–H groups in total. The predicted molar refractivity (Wildman–Crippen MR) is 76.8 cm³/mol. The number of aryl methyl sites for hydroxylation is 1. The second-order valence-corrected chi connectivity index (χ2v) is 4.52. The Bertz CT molecular complexity index is 822. The number of aromatic nitrogens is 1. The number of phenolic OH excluding ortho intramolecular Hbond substituents is 1. The van der Waals surface area contributed by atoms with Crippen molar-refractivity contribution >= 4 is 11.0 Å². The van der Waals surface area contributed by atoms with Crippen LogP contribution in [0.3, 0.4) is 0 Å². The zero-order valence-corrected chi connectivity index (χ0v) is 11.0.